The van der Waals surface area contributed by atoms with E-state index in [2.05, 4.69) is 15.3 Å². The first-order chi connectivity index (χ1) is 14.6. The van der Waals surface area contributed by atoms with E-state index >= 15 is 0 Å². The van der Waals surface area contributed by atoms with Crippen LogP contribution in [0.3, 0.4) is 0 Å². The number of hydrogen-bond acceptors (Lipinski definition) is 6. The highest BCUT2D eigenvalue weighted by atomic mass is 32.2. The number of carbonyl (C=O) groups excluding carboxylic acids is 1. The van der Waals surface area contributed by atoms with Crippen molar-refractivity contribution >= 4 is 34.4 Å². The molecule has 3 aromatic rings. The van der Waals surface area contributed by atoms with E-state index in [1.54, 1.807) is 6.92 Å². The van der Waals surface area contributed by atoms with Gasteiger partial charge in [0.25, 0.3) is 5.56 Å². The van der Waals surface area contributed by atoms with Gasteiger partial charge >= 0.3 is 5.69 Å². The normalized spacial score (nSPS) is 11.3. The molecule has 0 radical (unpaired) electrons. The van der Waals surface area contributed by atoms with Crippen LogP contribution in [0.25, 0.3) is 11.0 Å². The lowest BCUT2D eigenvalue weighted by molar-refractivity contribution is -0.113. The van der Waals surface area contributed by atoms with Gasteiger partial charge in [-0.05, 0) is 49.9 Å². The van der Waals surface area contributed by atoms with Gasteiger partial charge < -0.3 is 5.32 Å². The minimum atomic E-state index is -0.461. The molecule has 1 amide bonds. The first kappa shape index (κ1) is 22.7. The number of thioether (sulfide) groups is 1. The van der Waals surface area contributed by atoms with Crippen molar-refractivity contribution < 1.29 is 4.79 Å². The third-order valence-electron chi connectivity index (χ3n) is 4.65. The molecule has 0 spiro atoms. The number of fused-ring (bicyclic) bond motifs is 1. The van der Waals surface area contributed by atoms with Crippen molar-refractivity contribution in [1.82, 2.24) is 19.1 Å². The zero-order valence-electron chi connectivity index (χ0n) is 18.6. The zero-order valence-corrected chi connectivity index (χ0v) is 19.5. The molecule has 0 fully saturated rings. The molecule has 31 heavy (non-hydrogen) atoms. The Kier molecular flexibility index (Phi) is 6.64. The fourth-order valence-electron chi connectivity index (χ4n) is 3.45. The van der Waals surface area contributed by atoms with Gasteiger partial charge in [-0.3, -0.25) is 18.7 Å². The number of hydrogen-bond donors (Lipinski definition) is 1. The predicted molar refractivity (Wildman–Crippen MR) is 124 cm³/mol. The van der Waals surface area contributed by atoms with Crippen LogP contribution in [0.5, 0.6) is 0 Å². The van der Waals surface area contributed by atoms with E-state index in [0.717, 1.165) is 33.1 Å². The lowest BCUT2D eigenvalue weighted by Gasteiger charge is -2.15. The standard InChI is InChI=1S/C22H27N5O3S/c1-12(2)10-27-19-18(21(29)26(6)22(27)30)20(24-15(5)23-19)31-11-17(28)25-16-8-13(3)7-14(4)9-16/h7-9,12H,10-11H2,1-6H3,(H,25,28). The summed E-state index contributed by atoms with van der Waals surface area (Å²) in [5, 5.41) is 3.55. The number of aryl methyl sites for hydroxylation is 3. The number of aromatic nitrogens is 4. The molecule has 1 aromatic carbocycles. The van der Waals surface area contributed by atoms with E-state index in [4.69, 9.17) is 0 Å². The van der Waals surface area contributed by atoms with Gasteiger partial charge in [0.05, 0.1) is 5.75 Å². The molecule has 2 heterocycles. The Hall–Kier alpha value is -2.94. The van der Waals surface area contributed by atoms with E-state index in [1.807, 2.05) is 45.9 Å². The van der Waals surface area contributed by atoms with Crippen LogP contribution in [-0.2, 0) is 18.4 Å². The molecule has 0 saturated carbocycles. The summed E-state index contributed by atoms with van der Waals surface area (Å²) in [6.45, 7) is 10.1. The summed E-state index contributed by atoms with van der Waals surface area (Å²) in [6, 6.07) is 5.84. The Balaban J connectivity index is 1.97. The van der Waals surface area contributed by atoms with E-state index in [1.165, 1.54) is 11.6 Å². The number of anilines is 1. The van der Waals surface area contributed by atoms with E-state index < -0.39 is 11.2 Å². The van der Waals surface area contributed by atoms with Crippen LogP contribution in [0.2, 0.25) is 0 Å². The van der Waals surface area contributed by atoms with Crippen molar-refractivity contribution in [2.45, 2.75) is 46.2 Å². The van der Waals surface area contributed by atoms with Gasteiger partial charge in [0.15, 0.2) is 5.65 Å². The maximum absolute atomic E-state index is 12.9. The first-order valence-electron chi connectivity index (χ1n) is 10.1. The summed E-state index contributed by atoms with van der Waals surface area (Å²) in [6.07, 6.45) is 0. The fraction of sp³-hybridized carbons (Fsp3) is 0.409. The molecule has 0 aliphatic rings. The van der Waals surface area contributed by atoms with Crippen molar-refractivity contribution in [1.29, 1.82) is 0 Å². The molecule has 0 atom stereocenters. The number of nitrogens with zero attached hydrogens (tertiary/aromatic N) is 4. The predicted octanol–water partition coefficient (Wildman–Crippen LogP) is 2.80. The van der Waals surface area contributed by atoms with Gasteiger partial charge in [-0.25, -0.2) is 14.8 Å². The average Bonchev–Trinajstić information content (AvgIpc) is 2.66. The molecule has 1 N–H and O–H groups in total. The largest absolute Gasteiger partial charge is 0.332 e. The van der Waals surface area contributed by atoms with Gasteiger partial charge in [0, 0.05) is 19.3 Å². The molecule has 0 aliphatic heterocycles. The van der Waals surface area contributed by atoms with Crippen LogP contribution in [-0.4, -0.2) is 30.8 Å². The molecule has 8 nitrogen and oxygen atoms in total. The first-order valence-corrected chi connectivity index (χ1v) is 11.0. The lowest BCUT2D eigenvalue weighted by Crippen LogP contribution is -2.39. The summed E-state index contributed by atoms with van der Waals surface area (Å²) >= 11 is 1.16. The molecular weight excluding hydrogens is 414 g/mol. The Morgan fingerprint density at radius 2 is 1.74 bits per heavy atom. The van der Waals surface area contributed by atoms with Gasteiger partial charge in [-0.15, -0.1) is 0 Å². The summed E-state index contributed by atoms with van der Waals surface area (Å²) in [5.41, 5.74) is 2.30. The monoisotopic (exact) mass is 441 g/mol. The highest BCUT2D eigenvalue weighted by molar-refractivity contribution is 8.00. The summed E-state index contributed by atoms with van der Waals surface area (Å²) in [4.78, 5) is 46.9. The van der Waals surface area contributed by atoms with Gasteiger partial charge in [-0.1, -0.05) is 31.7 Å². The highest BCUT2D eigenvalue weighted by Gasteiger charge is 2.19. The van der Waals surface area contributed by atoms with Crippen LogP contribution in [0, 0.1) is 26.7 Å². The molecule has 0 saturated heterocycles. The maximum atomic E-state index is 12.9. The Labute approximate surface area is 184 Å². The Bertz CT molecular complexity index is 1260. The molecule has 0 bridgehead atoms. The molecule has 9 heteroatoms. The average molecular weight is 442 g/mol. The smallest absolute Gasteiger partial charge is 0.325 e. The minimum Gasteiger partial charge on any atom is -0.325 e. The molecule has 2 aromatic heterocycles. The fourth-order valence-corrected chi connectivity index (χ4v) is 4.31. The van der Waals surface area contributed by atoms with Crippen molar-refractivity contribution in [3.8, 4) is 0 Å². The van der Waals surface area contributed by atoms with Crippen molar-refractivity contribution in [3.63, 3.8) is 0 Å². The minimum absolute atomic E-state index is 0.0744. The molecule has 164 valence electrons. The Morgan fingerprint density at radius 1 is 1.10 bits per heavy atom. The molecular formula is C22H27N5O3S. The van der Waals surface area contributed by atoms with Crippen molar-refractivity contribution in [2.75, 3.05) is 11.1 Å². The second-order valence-electron chi connectivity index (χ2n) is 8.14. The SMILES string of the molecule is Cc1cc(C)cc(NC(=O)CSc2nc(C)nc3c2c(=O)n(C)c(=O)n3CC(C)C)c1. The molecule has 0 aliphatic carbocycles. The third-order valence-corrected chi connectivity index (χ3v) is 5.63. The molecule has 0 unspecified atom stereocenters. The van der Waals surface area contributed by atoms with Crippen LogP contribution in [0.1, 0.15) is 30.8 Å². The highest BCUT2D eigenvalue weighted by Crippen LogP contribution is 2.23. The van der Waals surface area contributed by atoms with Gasteiger partial charge in [-0.2, -0.15) is 0 Å². The number of carbonyl (C=O) groups is 1. The second kappa shape index (κ2) is 9.05. The number of amides is 1. The number of rotatable bonds is 6. The topological polar surface area (TPSA) is 98.9 Å². The van der Waals surface area contributed by atoms with Crippen molar-refractivity contribution in [3.05, 3.63) is 56.0 Å². The van der Waals surface area contributed by atoms with E-state index in [-0.39, 0.29) is 23.0 Å². The van der Waals surface area contributed by atoms with E-state index in [9.17, 15) is 14.4 Å². The Morgan fingerprint density at radius 3 is 2.35 bits per heavy atom. The summed E-state index contributed by atoms with van der Waals surface area (Å²) in [5.74, 6) is 0.500. The van der Waals surface area contributed by atoms with Crippen LogP contribution in [0.4, 0.5) is 5.69 Å². The van der Waals surface area contributed by atoms with Crippen LogP contribution < -0.4 is 16.6 Å². The number of benzene rings is 1. The second-order valence-corrected chi connectivity index (χ2v) is 9.10. The zero-order chi connectivity index (χ0) is 22.9. The van der Waals surface area contributed by atoms with Gasteiger partial charge in [0.1, 0.15) is 16.2 Å². The van der Waals surface area contributed by atoms with Crippen molar-refractivity contribution in [2.24, 2.45) is 13.0 Å². The van der Waals surface area contributed by atoms with E-state index in [0.29, 0.717) is 23.0 Å². The maximum Gasteiger partial charge on any atom is 0.332 e. The van der Waals surface area contributed by atoms with Crippen LogP contribution >= 0.6 is 11.8 Å². The summed E-state index contributed by atoms with van der Waals surface area (Å²) in [7, 11) is 1.45. The summed E-state index contributed by atoms with van der Waals surface area (Å²) < 4.78 is 2.58. The molecule has 3 rings (SSSR count). The third kappa shape index (κ3) is 5.04. The van der Waals surface area contributed by atoms with Gasteiger partial charge in [0.2, 0.25) is 5.91 Å². The van der Waals surface area contributed by atoms with Crippen LogP contribution in [0.15, 0.2) is 32.8 Å². The quantitative estimate of drug-likeness (QED) is 0.467. The number of nitrogens with one attached hydrogen (secondary N) is 1. The lowest BCUT2D eigenvalue weighted by atomic mass is 10.1.